The molecule has 0 radical (unpaired) electrons. The van der Waals surface area contributed by atoms with Crippen molar-refractivity contribution in [1.29, 1.82) is 0 Å². The summed E-state index contributed by atoms with van der Waals surface area (Å²) < 4.78 is 11.3. The third-order valence-corrected chi connectivity index (χ3v) is 2.73. The molecule has 3 nitrogen and oxygen atoms in total. The number of rotatable bonds is 2. The van der Waals surface area contributed by atoms with E-state index in [4.69, 9.17) is 14.9 Å². The highest BCUT2D eigenvalue weighted by Crippen LogP contribution is 2.33. The Hall–Kier alpha value is -1.42. The summed E-state index contributed by atoms with van der Waals surface area (Å²) in [5.74, 6) is 1.44. The standard InChI is InChI=1S/C11H10BrNO2/c1-14-10-3-2-7(6-9(10)13)11-8(12)4-5-15-11/h2-6H,13H2,1H3. The zero-order valence-electron chi connectivity index (χ0n) is 8.16. The summed E-state index contributed by atoms with van der Waals surface area (Å²) in [6.45, 7) is 0. The zero-order chi connectivity index (χ0) is 10.8. The molecule has 1 aromatic heterocycles. The normalized spacial score (nSPS) is 10.3. The van der Waals surface area contributed by atoms with Gasteiger partial charge in [0.15, 0.2) is 0 Å². The molecular formula is C11H10BrNO2. The Kier molecular flexibility index (Phi) is 2.68. The Morgan fingerprint density at radius 3 is 2.67 bits per heavy atom. The molecule has 4 heteroatoms. The summed E-state index contributed by atoms with van der Waals surface area (Å²) in [7, 11) is 1.59. The summed E-state index contributed by atoms with van der Waals surface area (Å²) in [4.78, 5) is 0. The van der Waals surface area contributed by atoms with Crippen LogP contribution in [0.15, 0.2) is 39.4 Å². The Labute approximate surface area is 96.0 Å². The van der Waals surface area contributed by atoms with E-state index in [0.717, 1.165) is 15.8 Å². The van der Waals surface area contributed by atoms with E-state index in [9.17, 15) is 0 Å². The fraction of sp³-hybridized carbons (Fsp3) is 0.0909. The van der Waals surface area contributed by atoms with Crippen molar-refractivity contribution >= 4 is 21.6 Å². The lowest BCUT2D eigenvalue weighted by atomic mass is 10.1. The van der Waals surface area contributed by atoms with Crippen molar-refractivity contribution in [3.05, 3.63) is 35.0 Å². The maximum Gasteiger partial charge on any atom is 0.148 e. The number of hydrogen-bond acceptors (Lipinski definition) is 3. The molecule has 1 aromatic carbocycles. The van der Waals surface area contributed by atoms with Crippen molar-refractivity contribution in [2.75, 3.05) is 12.8 Å². The van der Waals surface area contributed by atoms with Gasteiger partial charge in [-0.1, -0.05) is 0 Å². The molecule has 1 heterocycles. The van der Waals surface area contributed by atoms with Gasteiger partial charge in [-0.25, -0.2) is 0 Å². The number of benzene rings is 1. The molecule has 0 aliphatic heterocycles. The van der Waals surface area contributed by atoms with Crippen LogP contribution in [0.4, 0.5) is 5.69 Å². The topological polar surface area (TPSA) is 48.4 Å². The predicted octanol–water partition coefficient (Wildman–Crippen LogP) is 3.30. The molecule has 0 saturated heterocycles. The lowest BCUT2D eigenvalue weighted by molar-refractivity contribution is 0.417. The second-order valence-electron chi connectivity index (χ2n) is 3.05. The van der Waals surface area contributed by atoms with Gasteiger partial charge in [-0.2, -0.15) is 0 Å². The fourth-order valence-electron chi connectivity index (χ4n) is 1.38. The largest absolute Gasteiger partial charge is 0.495 e. The van der Waals surface area contributed by atoms with Crippen LogP contribution in [-0.2, 0) is 0 Å². The smallest absolute Gasteiger partial charge is 0.148 e. The Morgan fingerprint density at radius 2 is 2.13 bits per heavy atom. The third kappa shape index (κ3) is 1.85. The quantitative estimate of drug-likeness (QED) is 0.850. The van der Waals surface area contributed by atoms with Gasteiger partial charge in [-0.3, -0.25) is 0 Å². The molecule has 2 rings (SSSR count). The van der Waals surface area contributed by atoms with Gasteiger partial charge in [0.25, 0.3) is 0 Å². The molecule has 15 heavy (non-hydrogen) atoms. The first-order valence-electron chi connectivity index (χ1n) is 4.39. The van der Waals surface area contributed by atoms with E-state index < -0.39 is 0 Å². The van der Waals surface area contributed by atoms with Gasteiger partial charge in [0.1, 0.15) is 11.5 Å². The minimum atomic E-state index is 0.596. The SMILES string of the molecule is COc1ccc(-c2occc2Br)cc1N. The maximum atomic E-state index is 5.81. The molecule has 0 bridgehead atoms. The molecular weight excluding hydrogens is 258 g/mol. The highest BCUT2D eigenvalue weighted by Gasteiger charge is 2.08. The molecule has 0 spiro atoms. The first-order chi connectivity index (χ1) is 7.22. The molecule has 78 valence electrons. The molecule has 0 saturated carbocycles. The van der Waals surface area contributed by atoms with Crippen LogP contribution >= 0.6 is 15.9 Å². The van der Waals surface area contributed by atoms with Crippen molar-refractivity contribution < 1.29 is 9.15 Å². The number of hydrogen-bond donors (Lipinski definition) is 1. The summed E-state index contributed by atoms with van der Waals surface area (Å²) in [6.07, 6.45) is 1.62. The molecule has 0 aliphatic carbocycles. The Morgan fingerprint density at radius 1 is 1.33 bits per heavy atom. The van der Waals surface area contributed by atoms with Crippen LogP contribution in [0.1, 0.15) is 0 Å². The third-order valence-electron chi connectivity index (χ3n) is 2.11. The van der Waals surface area contributed by atoms with Gasteiger partial charge in [-0.15, -0.1) is 0 Å². The van der Waals surface area contributed by atoms with E-state index in [1.54, 1.807) is 13.4 Å². The highest BCUT2D eigenvalue weighted by molar-refractivity contribution is 9.10. The monoisotopic (exact) mass is 267 g/mol. The van der Waals surface area contributed by atoms with E-state index >= 15 is 0 Å². The summed E-state index contributed by atoms with van der Waals surface area (Å²) in [5, 5.41) is 0. The summed E-state index contributed by atoms with van der Waals surface area (Å²) >= 11 is 3.40. The number of nitrogens with two attached hydrogens (primary N) is 1. The van der Waals surface area contributed by atoms with Crippen LogP contribution in [0.2, 0.25) is 0 Å². The summed E-state index contributed by atoms with van der Waals surface area (Å²) in [6, 6.07) is 7.39. The van der Waals surface area contributed by atoms with Gasteiger partial charge in [0, 0.05) is 5.56 Å². The van der Waals surface area contributed by atoms with E-state index in [1.807, 2.05) is 24.3 Å². The minimum Gasteiger partial charge on any atom is -0.495 e. The van der Waals surface area contributed by atoms with Crippen molar-refractivity contribution in [2.24, 2.45) is 0 Å². The first-order valence-corrected chi connectivity index (χ1v) is 5.18. The second kappa shape index (κ2) is 3.98. The van der Waals surface area contributed by atoms with Gasteiger partial charge in [0.05, 0.1) is 23.5 Å². The second-order valence-corrected chi connectivity index (χ2v) is 3.91. The van der Waals surface area contributed by atoms with E-state index in [0.29, 0.717) is 11.4 Å². The van der Waals surface area contributed by atoms with Gasteiger partial charge in [0.2, 0.25) is 0 Å². The van der Waals surface area contributed by atoms with E-state index in [1.165, 1.54) is 0 Å². The number of ether oxygens (including phenoxy) is 1. The Balaban J connectivity index is 2.47. The lowest BCUT2D eigenvalue weighted by Gasteiger charge is -2.05. The lowest BCUT2D eigenvalue weighted by Crippen LogP contribution is -1.92. The van der Waals surface area contributed by atoms with Crippen LogP contribution in [0, 0.1) is 0 Å². The van der Waals surface area contributed by atoms with Crippen molar-refractivity contribution in [3.8, 4) is 17.1 Å². The van der Waals surface area contributed by atoms with Crippen molar-refractivity contribution in [2.45, 2.75) is 0 Å². The zero-order valence-corrected chi connectivity index (χ0v) is 9.74. The fourth-order valence-corrected chi connectivity index (χ4v) is 1.81. The molecule has 0 atom stereocenters. The minimum absolute atomic E-state index is 0.596. The van der Waals surface area contributed by atoms with E-state index in [2.05, 4.69) is 15.9 Å². The van der Waals surface area contributed by atoms with Crippen molar-refractivity contribution in [3.63, 3.8) is 0 Å². The van der Waals surface area contributed by atoms with Crippen LogP contribution < -0.4 is 10.5 Å². The predicted molar refractivity (Wildman–Crippen MR) is 62.8 cm³/mol. The van der Waals surface area contributed by atoms with Crippen LogP contribution in [0.5, 0.6) is 5.75 Å². The van der Waals surface area contributed by atoms with Gasteiger partial charge in [-0.05, 0) is 40.2 Å². The molecule has 0 fully saturated rings. The number of halogens is 1. The van der Waals surface area contributed by atoms with Gasteiger partial charge >= 0.3 is 0 Å². The van der Waals surface area contributed by atoms with Crippen molar-refractivity contribution in [1.82, 2.24) is 0 Å². The molecule has 0 amide bonds. The molecule has 0 unspecified atom stereocenters. The maximum absolute atomic E-state index is 5.81. The molecule has 2 aromatic rings. The number of nitrogen functional groups attached to an aromatic ring is 1. The average molecular weight is 268 g/mol. The molecule has 2 N–H and O–H groups in total. The van der Waals surface area contributed by atoms with Crippen LogP contribution in [0.25, 0.3) is 11.3 Å². The van der Waals surface area contributed by atoms with Crippen LogP contribution in [-0.4, -0.2) is 7.11 Å². The average Bonchev–Trinajstić information content (AvgIpc) is 2.64. The number of anilines is 1. The van der Waals surface area contributed by atoms with E-state index in [-0.39, 0.29) is 0 Å². The van der Waals surface area contributed by atoms with Crippen LogP contribution in [0.3, 0.4) is 0 Å². The van der Waals surface area contributed by atoms with Gasteiger partial charge < -0.3 is 14.9 Å². The number of furan rings is 1. The first kappa shape index (κ1) is 10.1. The number of methoxy groups -OCH3 is 1. The highest BCUT2D eigenvalue weighted by atomic mass is 79.9. The summed E-state index contributed by atoms with van der Waals surface area (Å²) in [5.41, 5.74) is 7.32. The molecule has 0 aliphatic rings. The Bertz CT molecular complexity index is 479.